The molecule has 2 fully saturated rings. The van der Waals surface area contributed by atoms with Crippen LogP contribution < -0.4 is 10.5 Å². The fourth-order valence-corrected chi connectivity index (χ4v) is 5.30. The van der Waals surface area contributed by atoms with Crippen molar-refractivity contribution in [2.24, 2.45) is 23.5 Å². The number of benzene rings is 1. The van der Waals surface area contributed by atoms with Gasteiger partial charge in [0.05, 0.1) is 25.0 Å². The van der Waals surface area contributed by atoms with Crippen LogP contribution in [0.4, 0.5) is 0 Å². The first-order chi connectivity index (χ1) is 19.5. The summed E-state index contributed by atoms with van der Waals surface area (Å²) in [5, 5.41) is 49.7. The van der Waals surface area contributed by atoms with Gasteiger partial charge in [-0.15, -0.1) is 0 Å². The molecule has 224 valence electrons. The molecule has 0 spiro atoms. The van der Waals surface area contributed by atoms with Crippen molar-refractivity contribution in [3.05, 3.63) is 47.7 Å². The number of carboxylic acid groups (broad SMARTS) is 1. The summed E-state index contributed by atoms with van der Waals surface area (Å²) in [6.45, 7) is 0.829. The van der Waals surface area contributed by atoms with Crippen molar-refractivity contribution in [3.63, 3.8) is 0 Å². The summed E-state index contributed by atoms with van der Waals surface area (Å²) >= 11 is 0. The van der Waals surface area contributed by atoms with E-state index in [1.165, 1.54) is 24.3 Å². The number of nitrogens with two attached hydrogens (primary N) is 1. The topological polar surface area (TPSA) is 225 Å². The standard InChI is InChI=1S/C27H33NO13/c1-12-17(39-19(30)7-4-13-2-5-14(6-3-13)38-20(31)9-28)8-15-16(25(35)36)11-37-26(21(12)15)41-27-24(34)23(33)22(32)18(10-29)40-27/h2-7,11-12,15,17-18,21-24,26-27,29,32-34H,8-10,28H2,1H3,(H,35,36)/b7-4+/t12-,15+,17-,18+,21+,22+,23-,24+,26-,27-/m0/s1. The summed E-state index contributed by atoms with van der Waals surface area (Å²) in [7, 11) is 0. The Hall–Kier alpha value is -3.37. The van der Waals surface area contributed by atoms with Gasteiger partial charge < -0.3 is 55.0 Å². The average Bonchev–Trinajstić information content (AvgIpc) is 3.28. The van der Waals surface area contributed by atoms with Crippen LogP contribution in [-0.2, 0) is 33.3 Å². The summed E-state index contributed by atoms with van der Waals surface area (Å²) in [5.74, 6) is -3.94. The number of carbonyl (C=O) groups is 3. The third-order valence-electron chi connectivity index (χ3n) is 7.51. The minimum atomic E-state index is -1.68. The minimum absolute atomic E-state index is 0.0416. The first kappa shape index (κ1) is 30.6. The zero-order valence-corrected chi connectivity index (χ0v) is 22.0. The van der Waals surface area contributed by atoms with E-state index in [9.17, 15) is 39.9 Å². The molecule has 0 radical (unpaired) electrons. The number of aliphatic hydroxyl groups excluding tert-OH is 4. The van der Waals surface area contributed by atoms with Gasteiger partial charge in [0, 0.05) is 23.8 Å². The minimum Gasteiger partial charge on any atom is -0.478 e. The normalized spacial score (nSPS) is 34.8. The predicted molar refractivity (Wildman–Crippen MR) is 136 cm³/mol. The number of hydrogen-bond acceptors (Lipinski definition) is 13. The molecule has 0 bridgehead atoms. The maximum Gasteiger partial charge on any atom is 0.334 e. The summed E-state index contributed by atoms with van der Waals surface area (Å²) in [6.07, 6.45) is -5.63. The molecule has 4 rings (SSSR count). The molecule has 14 heteroatoms. The molecular weight excluding hydrogens is 546 g/mol. The maximum atomic E-state index is 12.7. The Balaban J connectivity index is 1.43. The Kier molecular flexibility index (Phi) is 9.76. The molecule has 1 aliphatic carbocycles. The van der Waals surface area contributed by atoms with Crippen molar-refractivity contribution >= 4 is 24.0 Å². The number of rotatable bonds is 9. The van der Waals surface area contributed by atoms with Gasteiger partial charge in [0.2, 0.25) is 6.29 Å². The summed E-state index contributed by atoms with van der Waals surface area (Å²) in [6, 6.07) is 6.32. The quantitative estimate of drug-likeness (QED) is 0.116. The number of aliphatic carboxylic acids is 1. The molecule has 10 atom stereocenters. The SMILES string of the molecule is C[C@@H]1[C@H]2[C@H](O[C@@H]3O[C@H](CO)[C@@H](O)[C@H](O)[C@H]3O)OC=C(C(=O)O)[C@H]2C[C@@H]1OC(=O)/C=C/c1ccc(OC(=O)CN)cc1. The lowest BCUT2D eigenvalue weighted by molar-refractivity contribution is -0.342. The summed E-state index contributed by atoms with van der Waals surface area (Å²) in [5.41, 5.74) is 5.80. The summed E-state index contributed by atoms with van der Waals surface area (Å²) < 4.78 is 27.4. The highest BCUT2D eigenvalue weighted by atomic mass is 16.8. The van der Waals surface area contributed by atoms with Crippen molar-refractivity contribution in [1.29, 1.82) is 0 Å². The molecule has 0 unspecified atom stereocenters. The number of fused-ring (bicyclic) bond motifs is 1. The second kappa shape index (κ2) is 13.1. The largest absolute Gasteiger partial charge is 0.478 e. The van der Waals surface area contributed by atoms with Crippen LogP contribution >= 0.6 is 0 Å². The van der Waals surface area contributed by atoms with Gasteiger partial charge in [-0.05, 0) is 30.2 Å². The molecule has 2 aliphatic heterocycles. The number of ether oxygens (including phenoxy) is 5. The van der Waals surface area contributed by atoms with Crippen LogP contribution in [0.25, 0.3) is 6.08 Å². The number of carboxylic acids is 1. The van der Waals surface area contributed by atoms with E-state index in [2.05, 4.69) is 0 Å². The van der Waals surface area contributed by atoms with E-state index >= 15 is 0 Å². The van der Waals surface area contributed by atoms with Gasteiger partial charge in [0.15, 0.2) is 6.29 Å². The van der Waals surface area contributed by atoms with E-state index in [1.54, 1.807) is 19.1 Å². The Morgan fingerprint density at radius 1 is 1.07 bits per heavy atom. The molecule has 1 aromatic carbocycles. The van der Waals surface area contributed by atoms with Crippen LogP contribution in [0.2, 0.25) is 0 Å². The van der Waals surface area contributed by atoms with Crippen molar-refractivity contribution in [3.8, 4) is 5.75 Å². The average molecular weight is 580 g/mol. The predicted octanol–water partition coefficient (Wildman–Crippen LogP) is -1.11. The first-order valence-corrected chi connectivity index (χ1v) is 13.0. The van der Waals surface area contributed by atoms with Crippen molar-refractivity contribution in [2.75, 3.05) is 13.2 Å². The lowest BCUT2D eigenvalue weighted by Crippen LogP contribution is -2.60. The lowest BCUT2D eigenvalue weighted by atomic mass is 9.83. The van der Waals surface area contributed by atoms with E-state index in [-0.39, 0.29) is 18.5 Å². The highest BCUT2D eigenvalue weighted by Crippen LogP contribution is 2.48. The molecule has 7 N–H and O–H groups in total. The second-order valence-electron chi connectivity index (χ2n) is 10.1. The Morgan fingerprint density at radius 3 is 2.41 bits per heavy atom. The van der Waals surface area contributed by atoms with Crippen LogP contribution in [0.1, 0.15) is 18.9 Å². The van der Waals surface area contributed by atoms with Crippen LogP contribution in [0.5, 0.6) is 5.75 Å². The zero-order valence-electron chi connectivity index (χ0n) is 22.0. The van der Waals surface area contributed by atoms with Gasteiger partial charge in [0.25, 0.3) is 0 Å². The van der Waals surface area contributed by atoms with Gasteiger partial charge in [-0.2, -0.15) is 0 Å². The highest BCUT2D eigenvalue weighted by molar-refractivity contribution is 5.88. The van der Waals surface area contributed by atoms with E-state index in [0.717, 1.165) is 6.26 Å². The Morgan fingerprint density at radius 2 is 1.78 bits per heavy atom. The Labute approximate surface area is 234 Å². The van der Waals surface area contributed by atoms with E-state index < -0.39 is 85.4 Å². The molecule has 3 aliphatic rings. The van der Waals surface area contributed by atoms with Gasteiger partial charge >= 0.3 is 17.9 Å². The fourth-order valence-electron chi connectivity index (χ4n) is 5.30. The molecule has 1 aromatic rings. The van der Waals surface area contributed by atoms with Crippen LogP contribution in [0, 0.1) is 17.8 Å². The molecule has 0 amide bonds. The van der Waals surface area contributed by atoms with Gasteiger partial charge in [-0.25, -0.2) is 9.59 Å². The molecule has 0 aromatic heterocycles. The molecular formula is C27H33NO13. The van der Waals surface area contributed by atoms with Gasteiger partial charge in [-0.3, -0.25) is 4.79 Å². The maximum absolute atomic E-state index is 12.7. The van der Waals surface area contributed by atoms with Gasteiger partial charge in [0.1, 0.15) is 36.3 Å². The van der Waals surface area contributed by atoms with Crippen LogP contribution in [-0.4, -0.2) is 99.7 Å². The number of esters is 2. The van der Waals surface area contributed by atoms with Crippen molar-refractivity contribution in [2.45, 2.75) is 56.4 Å². The van der Waals surface area contributed by atoms with E-state index in [4.69, 9.17) is 29.4 Å². The molecule has 1 saturated carbocycles. The van der Waals surface area contributed by atoms with E-state index in [0.29, 0.717) is 11.3 Å². The second-order valence-corrected chi connectivity index (χ2v) is 10.1. The third-order valence-corrected chi connectivity index (χ3v) is 7.51. The first-order valence-electron chi connectivity index (χ1n) is 13.0. The van der Waals surface area contributed by atoms with E-state index in [1.807, 2.05) is 0 Å². The Bertz CT molecular complexity index is 1170. The summed E-state index contributed by atoms with van der Waals surface area (Å²) in [4.78, 5) is 35.8. The van der Waals surface area contributed by atoms with Crippen LogP contribution in [0.3, 0.4) is 0 Å². The number of carbonyl (C=O) groups excluding carboxylic acids is 2. The fraction of sp³-hybridized carbons (Fsp3) is 0.519. The lowest BCUT2D eigenvalue weighted by Gasteiger charge is -2.43. The molecule has 41 heavy (non-hydrogen) atoms. The molecule has 1 saturated heterocycles. The monoisotopic (exact) mass is 579 g/mol. The molecule has 2 heterocycles. The highest BCUT2D eigenvalue weighted by Gasteiger charge is 2.54. The number of aliphatic hydroxyl groups is 4. The third kappa shape index (κ3) is 6.76. The molecule has 14 nitrogen and oxygen atoms in total. The smallest absolute Gasteiger partial charge is 0.334 e. The van der Waals surface area contributed by atoms with Crippen molar-refractivity contribution < 1.29 is 63.6 Å². The number of hydrogen-bond donors (Lipinski definition) is 6. The van der Waals surface area contributed by atoms with Crippen molar-refractivity contribution in [1.82, 2.24) is 0 Å². The zero-order chi connectivity index (χ0) is 29.8. The van der Waals surface area contributed by atoms with Gasteiger partial charge in [-0.1, -0.05) is 19.1 Å². The van der Waals surface area contributed by atoms with Crippen LogP contribution in [0.15, 0.2) is 42.2 Å².